The molecular weight excluding hydrogens is 669 g/mol. The average Bonchev–Trinajstić information content (AvgIpc) is 3.80. The second-order valence-electron chi connectivity index (χ2n) is 14.1. The summed E-state index contributed by atoms with van der Waals surface area (Å²) in [6.07, 6.45) is 0. The highest BCUT2D eigenvalue weighted by molar-refractivity contribution is 6.24. The summed E-state index contributed by atoms with van der Waals surface area (Å²) in [5.74, 6) is 0. The number of benzene rings is 9. The van der Waals surface area contributed by atoms with Crippen molar-refractivity contribution in [1.29, 1.82) is 0 Å². The zero-order chi connectivity index (χ0) is 36.3. The van der Waals surface area contributed by atoms with E-state index in [1.807, 2.05) is 0 Å². The van der Waals surface area contributed by atoms with E-state index in [1.54, 1.807) is 0 Å². The van der Waals surface area contributed by atoms with Crippen molar-refractivity contribution in [2.75, 3.05) is 4.90 Å². The molecular formula is C52H34N2O. The van der Waals surface area contributed by atoms with Gasteiger partial charge in [-0.25, -0.2) is 0 Å². The van der Waals surface area contributed by atoms with E-state index in [0.717, 1.165) is 61.1 Å². The Morgan fingerprint density at radius 3 is 1.73 bits per heavy atom. The monoisotopic (exact) mass is 702 g/mol. The highest BCUT2D eigenvalue weighted by Crippen LogP contribution is 2.44. The Hall–Kier alpha value is -7.36. The second kappa shape index (κ2) is 12.6. The summed E-state index contributed by atoms with van der Waals surface area (Å²) in [6.45, 7) is 0. The minimum absolute atomic E-state index is 0.868. The molecule has 0 radical (unpaired) electrons. The third-order valence-corrected chi connectivity index (χ3v) is 11.0. The van der Waals surface area contributed by atoms with Crippen molar-refractivity contribution in [3.8, 4) is 27.9 Å². The van der Waals surface area contributed by atoms with E-state index in [2.05, 4.69) is 216 Å². The molecule has 0 saturated carbocycles. The van der Waals surface area contributed by atoms with Crippen molar-refractivity contribution in [2.45, 2.75) is 0 Å². The Morgan fingerprint density at radius 2 is 0.982 bits per heavy atom. The molecule has 3 nitrogen and oxygen atoms in total. The molecule has 0 spiro atoms. The van der Waals surface area contributed by atoms with E-state index in [0.29, 0.717) is 0 Å². The molecule has 0 unspecified atom stereocenters. The summed E-state index contributed by atoms with van der Waals surface area (Å²) in [6, 6.07) is 73.8. The summed E-state index contributed by atoms with van der Waals surface area (Å²) in [4.78, 5) is 2.37. The van der Waals surface area contributed by atoms with Crippen LogP contribution in [-0.2, 0) is 0 Å². The van der Waals surface area contributed by atoms with Crippen molar-refractivity contribution < 1.29 is 4.42 Å². The largest absolute Gasteiger partial charge is 0.455 e. The van der Waals surface area contributed by atoms with Crippen molar-refractivity contribution >= 4 is 71.6 Å². The number of furan rings is 1. The Labute approximate surface area is 318 Å². The van der Waals surface area contributed by atoms with Crippen LogP contribution in [0.2, 0.25) is 0 Å². The first-order valence-corrected chi connectivity index (χ1v) is 18.8. The lowest BCUT2D eigenvalue weighted by Crippen LogP contribution is -2.10. The van der Waals surface area contributed by atoms with Gasteiger partial charge in [0.15, 0.2) is 0 Å². The van der Waals surface area contributed by atoms with E-state index in [1.165, 1.54) is 38.4 Å². The van der Waals surface area contributed by atoms with Crippen molar-refractivity contribution in [3.05, 3.63) is 206 Å². The summed E-state index contributed by atoms with van der Waals surface area (Å²) in [5, 5.41) is 6.88. The van der Waals surface area contributed by atoms with E-state index < -0.39 is 0 Å². The molecule has 3 heteroatoms. The Bertz CT molecular complexity index is 3170. The highest BCUT2D eigenvalue weighted by Gasteiger charge is 2.21. The molecule has 0 amide bonds. The van der Waals surface area contributed by atoms with Crippen LogP contribution >= 0.6 is 0 Å². The second-order valence-corrected chi connectivity index (χ2v) is 14.1. The lowest BCUT2D eigenvalue weighted by molar-refractivity contribution is 0.673. The number of para-hydroxylation sites is 1. The van der Waals surface area contributed by atoms with Gasteiger partial charge in [0.25, 0.3) is 0 Å². The Balaban J connectivity index is 1.09. The summed E-state index contributed by atoms with van der Waals surface area (Å²) in [7, 11) is 0. The fourth-order valence-electron chi connectivity index (χ4n) is 8.39. The smallest absolute Gasteiger partial charge is 0.145 e. The summed E-state index contributed by atoms with van der Waals surface area (Å²) < 4.78 is 9.21. The van der Waals surface area contributed by atoms with Crippen LogP contribution in [-0.4, -0.2) is 4.57 Å². The normalized spacial score (nSPS) is 11.6. The maximum Gasteiger partial charge on any atom is 0.145 e. The van der Waals surface area contributed by atoms with Crippen LogP contribution in [0.25, 0.3) is 82.5 Å². The first-order valence-electron chi connectivity index (χ1n) is 18.8. The minimum Gasteiger partial charge on any atom is -0.455 e. The average molecular weight is 703 g/mol. The third kappa shape index (κ3) is 5.13. The summed E-state index contributed by atoms with van der Waals surface area (Å²) in [5.41, 5.74) is 13.3. The van der Waals surface area contributed by atoms with E-state index in [4.69, 9.17) is 4.42 Å². The number of rotatable bonds is 6. The van der Waals surface area contributed by atoms with Crippen LogP contribution in [0.3, 0.4) is 0 Å². The molecule has 11 rings (SSSR count). The van der Waals surface area contributed by atoms with Gasteiger partial charge < -0.3 is 13.9 Å². The van der Waals surface area contributed by atoms with Crippen LogP contribution < -0.4 is 4.90 Å². The molecule has 0 atom stereocenters. The van der Waals surface area contributed by atoms with Crippen LogP contribution in [0.5, 0.6) is 0 Å². The van der Waals surface area contributed by atoms with Gasteiger partial charge in [0.1, 0.15) is 11.2 Å². The fraction of sp³-hybridized carbons (Fsp3) is 0. The van der Waals surface area contributed by atoms with Gasteiger partial charge in [0, 0.05) is 38.6 Å². The van der Waals surface area contributed by atoms with Gasteiger partial charge in [-0.2, -0.15) is 0 Å². The molecule has 2 heterocycles. The number of anilines is 3. The quantitative estimate of drug-likeness (QED) is 0.172. The first-order chi connectivity index (χ1) is 27.3. The van der Waals surface area contributed by atoms with Gasteiger partial charge in [-0.05, 0) is 94.4 Å². The molecule has 0 aliphatic heterocycles. The van der Waals surface area contributed by atoms with Gasteiger partial charge in [-0.15, -0.1) is 0 Å². The molecule has 0 N–H and O–H groups in total. The number of aromatic nitrogens is 1. The Kier molecular flexibility index (Phi) is 7.17. The molecule has 11 aromatic rings. The lowest BCUT2D eigenvalue weighted by atomic mass is 10.0. The zero-order valence-corrected chi connectivity index (χ0v) is 29.9. The van der Waals surface area contributed by atoms with Crippen molar-refractivity contribution in [1.82, 2.24) is 4.57 Å². The molecule has 0 saturated heterocycles. The molecule has 0 bridgehead atoms. The lowest BCUT2D eigenvalue weighted by Gasteiger charge is -2.27. The number of hydrogen-bond donors (Lipinski definition) is 0. The van der Waals surface area contributed by atoms with Gasteiger partial charge >= 0.3 is 0 Å². The van der Waals surface area contributed by atoms with E-state index >= 15 is 0 Å². The van der Waals surface area contributed by atoms with Crippen LogP contribution in [0.15, 0.2) is 211 Å². The maximum atomic E-state index is 6.85. The molecule has 9 aromatic carbocycles. The third-order valence-electron chi connectivity index (χ3n) is 11.0. The van der Waals surface area contributed by atoms with Gasteiger partial charge in [0.05, 0.1) is 22.1 Å². The van der Waals surface area contributed by atoms with Crippen LogP contribution in [0.1, 0.15) is 0 Å². The van der Waals surface area contributed by atoms with Crippen LogP contribution in [0, 0.1) is 0 Å². The van der Waals surface area contributed by atoms with Gasteiger partial charge in [-0.3, -0.25) is 0 Å². The molecule has 0 aliphatic rings. The summed E-state index contributed by atoms with van der Waals surface area (Å²) >= 11 is 0. The standard InChI is InChI=1S/C52H34N2O/c1-3-12-35(13-4-1)37-22-26-40(27-23-37)53(47-21-11-17-39-16-7-8-18-43(39)47)42-30-33-50-46(34-42)44-31-32-49-51(52(44)55-50)45-19-9-10-20-48(45)54(49)41-28-24-38(25-29-41)36-14-5-2-6-15-36/h1-34H. The maximum absolute atomic E-state index is 6.85. The highest BCUT2D eigenvalue weighted by atomic mass is 16.3. The topological polar surface area (TPSA) is 21.3 Å². The number of hydrogen-bond acceptors (Lipinski definition) is 2. The zero-order valence-electron chi connectivity index (χ0n) is 29.9. The molecule has 258 valence electrons. The predicted molar refractivity (Wildman–Crippen MR) is 231 cm³/mol. The Morgan fingerprint density at radius 1 is 0.382 bits per heavy atom. The van der Waals surface area contributed by atoms with Gasteiger partial charge in [0.2, 0.25) is 0 Å². The molecule has 0 aliphatic carbocycles. The van der Waals surface area contributed by atoms with Crippen molar-refractivity contribution in [2.24, 2.45) is 0 Å². The molecule has 55 heavy (non-hydrogen) atoms. The molecule has 2 aromatic heterocycles. The van der Waals surface area contributed by atoms with Crippen molar-refractivity contribution in [3.63, 3.8) is 0 Å². The van der Waals surface area contributed by atoms with Crippen LogP contribution in [0.4, 0.5) is 17.1 Å². The fourth-order valence-corrected chi connectivity index (χ4v) is 8.39. The predicted octanol–water partition coefficient (Wildman–Crippen LogP) is 14.6. The number of nitrogens with zero attached hydrogens (tertiary/aromatic N) is 2. The molecule has 0 fully saturated rings. The minimum atomic E-state index is 0.868. The SMILES string of the molecule is c1ccc(-c2ccc(N(c3ccc4oc5c(ccc6c5c5ccccc5n6-c5ccc(-c6ccccc6)cc5)c4c3)c3cccc4ccccc34)cc2)cc1. The van der Waals surface area contributed by atoms with E-state index in [-0.39, 0.29) is 0 Å². The van der Waals surface area contributed by atoms with E-state index in [9.17, 15) is 0 Å². The first kappa shape index (κ1) is 31.2. The number of fused-ring (bicyclic) bond motifs is 8. The van der Waals surface area contributed by atoms with Gasteiger partial charge in [-0.1, -0.05) is 140 Å².